The van der Waals surface area contributed by atoms with Crippen LogP contribution in [0.5, 0.6) is 5.75 Å². The number of rotatable bonds is 6. The second kappa shape index (κ2) is 6.37. The third-order valence-electron chi connectivity index (χ3n) is 2.19. The number of nitro groups is 1. The summed E-state index contributed by atoms with van der Waals surface area (Å²) >= 11 is 4.05. The van der Waals surface area contributed by atoms with Crippen molar-refractivity contribution in [3.8, 4) is 5.75 Å². The zero-order chi connectivity index (χ0) is 12.0. The molecule has 0 amide bonds. The third-order valence-corrected chi connectivity index (χ3v) is 2.50. The van der Waals surface area contributed by atoms with E-state index in [1.165, 1.54) is 0 Å². The fourth-order valence-electron chi connectivity index (χ4n) is 1.29. The molecule has 0 aliphatic carbocycles. The van der Waals surface area contributed by atoms with Gasteiger partial charge in [-0.05, 0) is 30.2 Å². The Hall–Kier alpha value is -1.23. The van der Waals surface area contributed by atoms with Gasteiger partial charge in [-0.3, -0.25) is 10.1 Å². The average Bonchev–Trinajstić information content (AvgIpc) is 2.29. The Bertz CT molecular complexity index is 368. The second-order valence-corrected chi connectivity index (χ2v) is 3.79. The predicted octanol–water partition coefficient (Wildman–Crippen LogP) is 2.86. The first kappa shape index (κ1) is 12.8. The van der Waals surface area contributed by atoms with Crippen LogP contribution in [0.4, 0.5) is 5.69 Å². The Morgan fingerprint density at radius 2 is 2.25 bits per heavy atom. The molecular formula is C11H15NO3S. The Balaban J connectivity index is 2.85. The molecule has 4 nitrogen and oxygen atoms in total. The quantitative estimate of drug-likeness (QED) is 0.360. The van der Waals surface area contributed by atoms with Crippen molar-refractivity contribution in [3.63, 3.8) is 0 Å². The lowest BCUT2D eigenvalue weighted by Crippen LogP contribution is -2.01. The lowest BCUT2D eigenvalue weighted by molar-refractivity contribution is -0.385. The number of benzene rings is 1. The van der Waals surface area contributed by atoms with Gasteiger partial charge in [-0.25, -0.2) is 0 Å². The molecule has 0 N–H and O–H groups in total. The molecule has 0 atom stereocenters. The van der Waals surface area contributed by atoms with Crippen LogP contribution in [-0.4, -0.2) is 17.3 Å². The monoisotopic (exact) mass is 241 g/mol. The molecule has 0 fully saturated rings. The van der Waals surface area contributed by atoms with Crippen LogP contribution < -0.4 is 4.74 Å². The highest BCUT2D eigenvalue weighted by Gasteiger charge is 2.15. The van der Waals surface area contributed by atoms with E-state index in [0.717, 1.165) is 18.4 Å². The van der Waals surface area contributed by atoms with E-state index in [1.54, 1.807) is 12.1 Å². The lowest BCUT2D eigenvalue weighted by atomic mass is 10.1. The molecule has 0 spiro atoms. The topological polar surface area (TPSA) is 52.4 Å². The van der Waals surface area contributed by atoms with Crippen molar-refractivity contribution in [3.05, 3.63) is 33.9 Å². The highest BCUT2D eigenvalue weighted by Crippen LogP contribution is 2.28. The van der Waals surface area contributed by atoms with Crippen molar-refractivity contribution >= 4 is 18.3 Å². The van der Waals surface area contributed by atoms with E-state index in [2.05, 4.69) is 12.6 Å². The van der Waals surface area contributed by atoms with Crippen molar-refractivity contribution in [2.24, 2.45) is 0 Å². The zero-order valence-corrected chi connectivity index (χ0v) is 10.1. The zero-order valence-electron chi connectivity index (χ0n) is 9.18. The van der Waals surface area contributed by atoms with Gasteiger partial charge in [0, 0.05) is 6.07 Å². The smallest absolute Gasteiger partial charge is 0.311 e. The number of hydrogen-bond acceptors (Lipinski definition) is 4. The normalized spacial score (nSPS) is 10.1. The van der Waals surface area contributed by atoms with Crippen LogP contribution in [0.15, 0.2) is 18.2 Å². The first-order valence-electron chi connectivity index (χ1n) is 5.20. The number of thiol groups is 1. The molecule has 0 saturated carbocycles. The molecule has 0 aliphatic heterocycles. The summed E-state index contributed by atoms with van der Waals surface area (Å²) in [6, 6.07) is 5.08. The average molecular weight is 241 g/mol. The number of nitro benzene ring substituents is 1. The maximum atomic E-state index is 10.8. The van der Waals surface area contributed by atoms with E-state index in [0.29, 0.717) is 18.1 Å². The van der Waals surface area contributed by atoms with E-state index in [4.69, 9.17) is 4.74 Å². The predicted molar refractivity (Wildman–Crippen MR) is 66.4 cm³/mol. The number of aryl methyl sites for hydroxylation is 1. The third kappa shape index (κ3) is 3.41. The minimum Gasteiger partial charge on any atom is -0.487 e. The van der Waals surface area contributed by atoms with Gasteiger partial charge in [0.15, 0.2) is 5.75 Å². The molecule has 0 saturated heterocycles. The van der Waals surface area contributed by atoms with Gasteiger partial charge in [0.05, 0.1) is 11.5 Å². The Morgan fingerprint density at radius 1 is 1.50 bits per heavy atom. The van der Waals surface area contributed by atoms with Crippen LogP contribution in [0.1, 0.15) is 18.9 Å². The minimum atomic E-state index is -0.408. The lowest BCUT2D eigenvalue weighted by Gasteiger charge is -2.06. The van der Waals surface area contributed by atoms with Crippen LogP contribution in [0.2, 0.25) is 0 Å². The van der Waals surface area contributed by atoms with E-state index >= 15 is 0 Å². The van der Waals surface area contributed by atoms with Crippen molar-refractivity contribution in [2.45, 2.75) is 19.8 Å². The van der Waals surface area contributed by atoms with Crippen LogP contribution in [0.3, 0.4) is 0 Å². The summed E-state index contributed by atoms with van der Waals surface area (Å²) in [5, 5.41) is 10.8. The SMILES string of the molecule is CCc1ccc(OCCCS)c([N+](=O)[O-])c1. The van der Waals surface area contributed by atoms with Gasteiger partial charge in [0.1, 0.15) is 0 Å². The fourth-order valence-corrected chi connectivity index (χ4v) is 1.42. The van der Waals surface area contributed by atoms with Crippen molar-refractivity contribution < 1.29 is 9.66 Å². The van der Waals surface area contributed by atoms with E-state index in [1.807, 2.05) is 13.0 Å². The molecule has 0 unspecified atom stereocenters. The molecular weight excluding hydrogens is 226 g/mol. The summed E-state index contributed by atoms with van der Waals surface area (Å²) < 4.78 is 5.35. The van der Waals surface area contributed by atoms with Crippen molar-refractivity contribution in [1.29, 1.82) is 0 Å². The number of nitrogens with zero attached hydrogens (tertiary/aromatic N) is 1. The molecule has 1 rings (SSSR count). The standard InChI is InChI=1S/C11H15NO3S/c1-2-9-4-5-11(15-6-3-7-16)10(8-9)12(13)14/h4-5,8,16H,2-3,6-7H2,1H3. The van der Waals surface area contributed by atoms with Gasteiger partial charge in [0.25, 0.3) is 0 Å². The Kier molecular flexibility index (Phi) is 5.11. The Labute approximate surface area is 100 Å². The highest BCUT2D eigenvalue weighted by atomic mass is 32.1. The maximum absolute atomic E-state index is 10.8. The van der Waals surface area contributed by atoms with E-state index in [9.17, 15) is 10.1 Å². The molecule has 0 aromatic heterocycles. The summed E-state index contributed by atoms with van der Waals surface area (Å²) in [4.78, 5) is 10.4. The van der Waals surface area contributed by atoms with Crippen molar-refractivity contribution in [1.82, 2.24) is 0 Å². The first-order valence-corrected chi connectivity index (χ1v) is 5.83. The molecule has 0 heterocycles. The van der Waals surface area contributed by atoms with E-state index in [-0.39, 0.29) is 5.69 Å². The molecule has 0 radical (unpaired) electrons. The molecule has 1 aromatic rings. The molecule has 5 heteroatoms. The van der Waals surface area contributed by atoms with Crippen molar-refractivity contribution in [2.75, 3.05) is 12.4 Å². The summed E-state index contributed by atoms with van der Waals surface area (Å²) in [7, 11) is 0. The molecule has 0 bridgehead atoms. The van der Waals surface area contributed by atoms with Gasteiger partial charge >= 0.3 is 5.69 Å². The van der Waals surface area contributed by atoms with Gasteiger partial charge in [-0.1, -0.05) is 13.0 Å². The van der Waals surface area contributed by atoms with Crippen LogP contribution in [0.25, 0.3) is 0 Å². The highest BCUT2D eigenvalue weighted by molar-refractivity contribution is 7.80. The first-order chi connectivity index (χ1) is 7.69. The number of hydrogen-bond donors (Lipinski definition) is 1. The summed E-state index contributed by atoms with van der Waals surface area (Å²) in [6.07, 6.45) is 1.55. The van der Waals surface area contributed by atoms with Crippen LogP contribution in [0, 0.1) is 10.1 Å². The van der Waals surface area contributed by atoms with Gasteiger partial charge in [-0.2, -0.15) is 12.6 Å². The van der Waals surface area contributed by atoms with Gasteiger partial charge < -0.3 is 4.74 Å². The number of ether oxygens (including phenoxy) is 1. The van der Waals surface area contributed by atoms with E-state index < -0.39 is 4.92 Å². The maximum Gasteiger partial charge on any atom is 0.311 e. The molecule has 1 aromatic carbocycles. The van der Waals surface area contributed by atoms with Crippen LogP contribution >= 0.6 is 12.6 Å². The van der Waals surface area contributed by atoms with Crippen LogP contribution in [-0.2, 0) is 6.42 Å². The molecule has 88 valence electrons. The second-order valence-electron chi connectivity index (χ2n) is 3.34. The summed E-state index contributed by atoms with van der Waals surface area (Å²) in [5.74, 6) is 1.05. The Morgan fingerprint density at radius 3 is 2.81 bits per heavy atom. The molecule has 0 aliphatic rings. The fraction of sp³-hybridized carbons (Fsp3) is 0.455. The minimum absolute atomic E-state index is 0.0403. The van der Waals surface area contributed by atoms with Gasteiger partial charge in [0.2, 0.25) is 0 Å². The summed E-state index contributed by atoms with van der Waals surface area (Å²) in [6.45, 7) is 2.41. The molecule has 16 heavy (non-hydrogen) atoms. The van der Waals surface area contributed by atoms with Gasteiger partial charge in [-0.15, -0.1) is 0 Å². The summed E-state index contributed by atoms with van der Waals surface area (Å²) in [5.41, 5.74) is 0.978. The largest absolute Gasteiger partial charge is 0.487 e.